The van der Waals surface area contributed by atoms with E-state index in [1.165, 1.54) is 38.5 Å². The lowest BCUT2D eigenvalue weighted by atomic mass is 9.89. The summed E-state index contributed by atoms with van der Waals surface area (Å²) < 4.78 is 14.4. The van der Waals surface area contributed by atoms with E-state index < -0.39 is 0 Å². The van der Waals surface area contributed by atoms with Crippen molar-refractivity contribution in [3.63, 3.8) is 0 Å². The minimum absolute atomic E-state index is 0.184. The quantitative estimate of drug-likeness (QED) is 0.156. The second kappa shape index (κ2) is 16.6. The summed E-state index contributed by atoms with van der Waals surface area (Å²) in [6, 6.07) is 11.4. The summed E-state index contributed by atoms with van der Waals surface area (Å²) in [4.78, 5) is 55.6. The first-order chi connectivity index (χ1) is 28.1. The summed E-state index contributed by atoms with van der Waals surface area (Å²) in [5.41, 5.74) is 11.4. The zero-order valence-electron chi connectivity index (χ0n) is 34.3. The van der Waals surface area contributed by atoms with E-state index in [2.05, 4.69) is 37.9 Å². The number of benzene rings is 2. The Balaban J connectivity index is 0.000000165. The Hall–Kier alpha value is -5.70. The maximum Gasteiger partial charge on any atom is 0.334 e. The number of aromatic amines is 2. The second-order valence-corrected chi connectivity index (χ2v) is 16.0. The zero-order chi connectivity index (χ0) is 40.5. The van der Waals surface area contributed by atoms with Crippen LogP contribution in [0.15, 0.2) is 46.0 Å². The molecule has 5 heterocycles. The minimum atomic E-state index is -0.218. The molecule has 0 bridgehead atoms. The normalized spacial score (nSPS) is 17.1. The molecule has 9 rings (SSSR count). The Bertz CT molecular complexity index is 2530. The molecule has 0 spiro atoms. The van der Waals surface area contributed by atoms with Crippen molar-refractivity contribution < 1.29 is 9.47 Å². The Morgan fingerprint density at radius 1 is 0.638 bits per heavy atom. The fourth-order valence-corrected chi connectivity index (χ4v) is 8.89. The summed E-state index contributed by atoms with van der Waals surface area (Å²) in [6.45, 7) is 7.89. The molecule has 0 atom stereocenters. The molecule has 2 saturated carbocycles. The first kappa shape index (κ1) is 39.1. The standard InChI is InChI=1S/C24H32N6O2.C19H23N5O2/c1-16-22-26-21(27-24(31)30(22)23(25-16)17-7-5-4-6-8-17)19-10-9-18(15-20(19)32-3)29-13-11-28(2)12-14-29;1-11-17-22-16(14-9-8-13(20)10-15(14)26-2)23-19(25)24(17)18(21-11)12-6-4-3-5-7-12/h9-10,15,17H,4-8,11-14H2,1-3H3,(H,26,27,31);8-10,12H,3-7,20H2,1-2H3,(H,22,23,25). The predicted molar refractivity (Wildman–Crippen MR) is 226 cm³/mol. The van der Waals surface area contributed by atoms with Crippen molar-refractivity contribution in [2.45, 2.75) is 89.9 Å². The number of nitrogens with one attached hydrogen (secondary N) is 2. The molecule has 0 amide bonds. The highest BCUT2D eigenvalue weighted by atomic mass is 16.5. The van der Waals surface area contributed by atoms with Crippen molar-refractivity contribution in [1.29, 1.82) is 0 Å². The lowest BCUT2D eigenvalue weighted by molar-refractivity contribution is 0.312. The van der Waals surface area contributed by atoms with Crippen LogP contribution >= 0.6 is 0 Å². The smallest absolute Gasteiger partial charge is 0.334 e. The molecule has 15 heteroatoms. The van der Waals surface area contributed by atoms with Crippen molar-refractivity contribution in [2.75, 3.05) is 58.1 Å². The Kier molecular flexibility index (Phi) is 11.2. The number of nitrogens with zero attached hydrogens (tertiary/aromatic N) is 8. The number of rotatable bonds is 7. The fourth-order valence-electron chi connectivity index (χ4n) is 8.89. The van der Waals surface area contributed by atoms with Gasteiger partial charge in [-0.3, -0.25) is 9.97 Å². The van der Waals surface area contributed by atoms with Gasteiger partial charge in [0, 0.05) is 61.5 Å². The number of imidazole rings is 2. The number of aryl methyl sites for hydroxylation is 2. The van der Waals surface area contributed by atoms with Crippen LogP contribution in [0.2, 0.25) is 0 Å². The van der Waals surface area contributed by atoms with Gasteiger partial charge in [0.05, 0.1) is 36.7 Å². The highest BCUT2D eigenvalue weighted by Gasteiger charge is 2.26. The molecule has 0 radical (unpaired) electrons. The van der Waals surface area contributed by atoms with Crippen molar-refractivity contribution in [3.8, 4) is 34.3 Å². The van der Waals surface area contributed by atoms with Gasteiger partial charge in [-0.2, -0.15) is 0 Å². The number of nitrogens with two attached hydrogens (primary N) is 1. The summed E-state index contributed by atoms with van der Waals surface area (Å²) >= 11 is 0. The number of nitrogen functional groups attached to an aromatic ring is 1. The summed E-state index contributed by atoms with van der Waals surface area (Å²) in [5.74, 6) is 4.60. The molecule has 4 aromatic heterocycles. The number of H-pyrrole nitrogens is 2. The van der Waals surface area contributed by atoms with Crippen LogP contribution in [0.3, 0.4) is 0 Å². The van der Waals surface area contributed by atoms with Gasteiger partial charge < -0.3 is 25.0 Å². The Labute approximate surface area is 337 Å². The Morgan fingerprint density at radius 3 is 1.59 bits per heavy atom. The highest BCUT2D eigenvalue weighted by Crippen LogP contribution is 2.36. The van der Waals surface area contributed by atoms with Gasteiger partial charge in [-0.1, -0.05) is 38.5 Å². The third-order valence-electron chi connectivity index (χ3n) is 12.1. The van der Waals surface area contributed by atoms with Crippen molar-refractivity contribution in [3.05, 3.63) is 80.4 Å². The van der Waals surface area contributed by atoms with Crippen LogP contribution in [0, 0.1) is 13.8 Å². The molecule has 6 aromatic rings. The number of anilines is 2. The van der Waals surface area contributed by atoms with Crippen molar-refractivity contribution >= 4 is 22.7 Å². The number of likely N-dealkylation sites (N-methyl/N-ethyl adjacent to an activating group) is 1. The van der Waals surface area contributed by atoms with E-state index in [0.717, 1.165) is 86.1 Å². The van der Waals surface area contributed by atoms with Crippen molar-refractivity contribution in [2.24, 2.45) is 0 Å². The molecular formula is C43H55N11O4. The molecule has 3 aliphatic rings. The van der Waals surface area contributed by atoms with E-state index in [9.17, 15) is 9.59 Å². The van der Waals surface area contributed by atoms with Gasteiger partial charge in [0.25, 0.3) is 0 Å². The van der Waals surface area contributed by atoms with Crippen LogP contribution < -0.4 is 31.5 Å². The molecule has 2 aromatic carbocycles. The van der Waals surface area contributed by atoms with Gasteiger partial charge in [-0.25, -0.2) is 38.3 Å². The summed E-state index contributed by atoms with van der Waals surface area (Å²) in [6.07, 6.45) is 11.6. The maximum atomic E-state index is 13.2. The van der Waals surface area contributed by atoms with Crippen molar-refractivity contribution in [1.82, 2.24) is 43.6 Å². The van der Waals surface area contributed by atoms with Crippen LogP contribution in [0.25, 0.3) is 34.1 Å². The zero-order valence-corrected chi connectivity index (χ0v) is 34.3. The topological polar surface area (TPSA) is 177 Å². The number of hydrogen-bond acceptors (Lipinski definition) is 11. The Morgan fingerprint density at radius 2 is 1.10 bits per heavy atom. The SMILES string of the molecule is COc1cc(N)ccc1-c1nc2c(C)nc(C3CCCCC3)n2c(=O)[nH]1.COc1cc(N2CCN(C)CC2)ccc1-c1nc2c(C)nc(C3CCCCC3)n2c(=O)[nH]1. The number of fused-ring (bicyclic) bond motifs is 2. The molecule has 1 aliphatic heterocycles. The van der Waals surface area contributed by atoms with Gasteiger partial charge in [0.15, 0.2) is 11.3 Å². The minimum Gasteiger partial charge on any atom is -0.496 e. The van der Waals surface area contributed by atoms with Gasteiger partial charge in [-0.15, -0.1) is 0 Å². The van der Waals surface area contributed by atoms with Gasteiger partial charge in [-0.05, 0) is 70.8 Å². The van der Waals surface area contributed by atoms with E-state index in [1.807, 2.05) is 26.0 Å². The molecule has 306 valence electrons. The predicted octanol–water partition coefficient (Wildman–Crippen LogP) is 6.23. The number of ether oxygens (including phenoxy) is 2. The number of methoxy groups -OCH3 is 2. The van der Waals surface area contributed by atoms with E-state index in [0.29, 0.717) is 57.5 Å². The van der Waals surface area contributed by atoms with Gasteiger partial charge in [0.1, 0.15) is 34.8 Å². The van der Waals surface area contributed by atoms with Crippen LogP contribution in [-0.2, 0) is 0 Å². The van der Waals surface area contributed by atoms with Gasteiger partial charge in [0.2, 0.25) is 0 Å². The number of piperazine rings is 1. The molecule has 1 saturated heterocycles. The lowest BCUT2D eigenvalue weighted by Gasteiger charge is -2.34. The third kappa shape index (κ3) is 7.66. The van der Waals surface area contributed by atoms with Crippen LogP contribution in [0.4, 0.5) is 11.4 Å². The molecule has 58 heavy (non-hydrogen) atoms. The number of aromatic nitrogens is 8. The van der Waals surface area contributed by atoms with Crippen LogP contribution in [0.1, 0.15) is 99.1 Å². The molecular weight excluding hydrogens is 735 g/mol. The van der Waals surface area contributed by atoms with E-state index >= 15 is 0 Å². The van der Waals surface area contributed by atoms with E-state index in [-0.39, 0.29) is 11.4 Å². The molecule has 0 unspecified atom stereocenters. The van der Waals surface area contributed by atoms with Crippen LogP contribution in [-0.4, -0.2) is 91.1 Å². The fraction of sp³-hybridized carbons (Fsp3) is 0.488. The van der Waals surface area contributed by atoms with E-state index in [4.69, 9.17) is 30.2 Å². The average molecular weight is 790 g/mol. The summed E-state index contributed by atoms with van der Waals surface area (Å²) in [7, 11) is 5.38. The average Bonchev–Trinajstić information content (AvgIpc) is 3.78. The highest BCUT2D eigenvalue weighted by molar-refractivity contribution is 5.71. The molecule has 4 N–H and O–H groups in total. The largest absolute Gasteiger partial charge is 0.496 e. The first-order valence-corrected chi connectivity index (χ1v) is 20.7. The monoisotopic (exact) mass is 789 g/mol. The molecule has 15 nitrogen and oxygen atoms in total. The lowest BCUT2D eigenvalue weighted by Crippen LogP contribution is -2.44. The maximum absolute atomic E-state index is 13.2. The summed E-state index contributed by atoms with van der Waals surface area (Å²) in [5, 5.41) is 0. The van der Waals surface area contributed by atoms with Gasteiger partial charge >= 0.3 is 11.4 Å². The third-order valence-corrected chi connectivity index (χ3v) is 12.1. The van der Waals surface area contributed by atoms with E-state index in [1.54, 1.807) is 41.2 Å². The number of hydrogen-bond donors (Lipinski definition) is 3. The molecule has 3 fully saturated rings. The second-order valence-electron chi connectivity index (χ2n) is 16.0. The molecule has 2 aliphatic carbocycles. The first-order valence-electron chi connectivity index (χ1n) is 20.7. The van der Waals surface area contributed by atoms with Crippen LogP contribution in [0.5, 0.6) is 11.5 Å².